The second kappa shape index (κ2) is 14.0. The molecule has 0 aliphatic heterocycles. The van der Waals surface area contributed by atoms with E-state index in [4.69, 9.17) is 9.47 Å². The van der Waals surface area contributed by atoms with Crippen molar-refractivity contribution in [3.05, 3.63) is 0 Å². The number of rotatable bonds is 12. The van der Waals surface area contributed by atoms with Crippen LogP contribution < -0.4 is 16.0 Å². The fraction of sp³-hybridized carbons (Fsp3) is 0.850. The standard InChI is InChI=1S/C20H35N3O12/c24-5-9-1-12(17(31)18(32)15(9)29)35-20-10(6-25)2-11(16(30)19(20)33)34-8-23-14(28)4-22-13(27)3-21-7-26/h7,9-12,15-20,24-25,29-33H,1-6,8H2,(H,21,26)(H,22,27)(H,23,28). The van der Waals surface area contributed by atoms with Crippen molar-refractivity contribution in [1.29, 1.82) is 0 Å². The van der Waals surface area contributed by atoms with Crippen molar-refractivity contribution < 1.29 is 59.6 Å². The lowest BCUT2D eigenvalue weighted by atomic mass is 9.79. The van der Waals surface area contributed by atoms with Crippen molar-refractivity contribution in [3.63, 3.8) is 0 Å². The lowest BCUT2D eigenvalue weighted by Gasteiger charge is -2.46. The first-order valence-electron chi connectivity index (χ1n) is 11.2. The number of ether oxygens (including phenoxy) is 2. The summed E-state index contributed by atoms with van der Waals surface area (Å²) >= 11 is 0. The van der Waals surface area contributed by atoms with Gasteiger partial charge in [0.05, 0.1) is 37.5 Å². The number of carbonyl (C=O) groups is 3. The Morgan fingerprint density at radius 1 is 0.771 bits per heavy atom. The number of carbonyl (C=O) groups excluding carboxylic acids is 3. The normalized spacial score (nSPS) is 37.3. The fourth-order valence-electron chi connectivity index (χ4n) is 4.27. The molecule has 2 saturated carbocycles. The summed E-state index contributed by atoms with van der Waals surface area (Å²) in [7, 11) is 0. The fourth-order valence-corrected chi connectivity index (χ4v) is 4.27. The highest BCUT2D eigenvalue weighted by Crippen LogP contribution is 2.34. The molecule has 2 aliphatic rings. The monoisotopic (exact) mass is 509 g/mol. The van der Waals surface area contributed by atoms with Crippen LogP contribution in [-0.4, -0.2) is 136 Å². The Morgan fingerprint density at radius 3 is 2.00 bits per heavy atom. The third kappa shape index (κ3) is 7.77. The Labute approximate surface area is 201 Å². The molecular weight excluding hydrogens is 474 g/mol. The second-order valence-corrected chi connectivity index (χ2v) is 8.67. The molecule has 202 valence electrons. The van der Waals surface area contributed by atoms with Gasteiger partial charge < -0.3 is 61.2 Å². The summed E-state index contributed by atoms with van der Waals surface area (Å²) < 4.78 is 11.2. The summed E-state index contributed by atoms with van der Waals surface area (Å²) in [6.07, 6.45) is -10.4. The Kier molecular flexibility index (Phi) is 11.7. The van der Waals surface area contributed by atoms with Crippen LogP contribution in [0.5, 0.6) is 0 Å². The topological polar surface area (TPSA) is 247 Å². The quantitative estimate of drug-likeness (QED) is 0.0872. The Balaban J connectivity index is 1.88. The van der Waals surface area contributed by atoms with Crippen LogP contribution >= 0.6 is 0 Å². The number of hydrogen-bond acceptors (Lipinski definition) is 12. The molecule has 15 heteroatoms. The van der Waals surface area contributed by atoms with Crippen LogP contribution in [0.3, 0.4) is 0 Å². The predicted molar refractivity (Wildman–Crippen MR) is 114 cm³/mol. The summed E-state index contributed by atoms with van der Waals surface area (Å²) in [4.78, 5) is 33.3. The third-order valence-corrected chi connectivity index (χ3v) is 6.33. The molecule has 0 heterocycles. The van der Waals surface area contributed by atoms with Crippen LogP contribution in [0.15, 0.2) is 0 Å². The number of nitrogens with one attached hydrogen (secondary N) is 3. The Bertz CT molecular complexity index is 696. The summed E-state index contributed by atoms with van der Waals surface area (Å²) in [6.45, 7) is -1.98. The van der Waals surface area contributed by atoms with Crippen LogP contribution in [0.25, 0.3) is 0 Å². The SMILES string of the molecule is O=CNCC(=O)NCC(=O)NCOC1CC(CO)C(OC2CC(CO)C(O)C(O)C2O)C(O)C1O. The minimum absolute atomic E-state index is 0.0147. The lowest BCUT2D eigenvalue weighted by Crippen LogP contribution is -2.61. The van der Waals surface area contributed by atoms with E-state index in [9.17, 15) is 50.1 Å². The van der Waals surface area contributed by atoms with Gasteiger partial charge in [0.1, 0.15) is 31.1 Å². The Morgan fingerprint density at radius 2 is 1.37 bits per heavy atom. The molecular formula is C20H35N3O12. The van der Waals surface area contributed by atoms with E-state index in [2.05, 4.69) is 16.0 Å². The van der Waals surface area contributed by atoms with Crippen LogP contribution in [0.2, 0.25) is 0 Å². The summed E-state index contributed by atoms with van der Waals surface area (Å²) in [5.74, 6) is -2.71. The smallest absolute Gasteiger partial charge is 0.241 e. The molecule has 10 unspecified atom stereocenters. The van der Waals surface area contributed by atoms with Crippen molar-refractivity contribution >= 4 is 18.2 Å². The van der Waals surface area contributed by atoms with E-state index in [0.717, 1.165) is 0 Å². The maximum Gasteiger partial charge on any atom is 0.241 e. The average molecular weight is 510 g/mol. The molecule has 0 radical (unpaired) electrons. The van der Waals surface area contributed by atoms with Gasteiger partial charge in [-0.3, -0.25) is 14.4 Å². The van der Waals surface area contributed by atoms with Crippen LogP contribution in [-0.2, 0) is 23.9 Å². The highest BCUT2D eigenvalue weighted by Gasteiger charge is 2.49. The highest BCUT2D eigenvalue weighted by atomic mass is 16.5. The van der Waals surface area contributed by atoms with Crippen molar-refractivity contribution in [2.45, 2.75) is 61.7 Å². The van der Waals surface area contributed by atoms with Gasteiger partial charge in [-0.25, -0.2) is 0 Å². The van der Waals surface area contributed by atoms with Gasteiger partial charge in [-0.2, -0.15) is 0 Å². The molecule has 0 spiro atoms. The number of amides is 3. The zero-order chi connectivity index (χ0) is 26.1. The molecule has 35 heavy (non-hydrogen) atoms. The van der Waals surface area contributed by atoms with E-state index < -0.39 is 85.7 Å². The molecule has 2 rings (SSSR count). The molecule has 3 amide bonds. The molecule has 15 nitrogen and oxygen atoms in total. The van der Waals surface area contributed by atoms with E-state index in [1.54, 1.807) is 0 Å². The van der Waals surface area contributed by atoms with E-state index in [-0.39, 0.29) is 32.7 Å². The minimum atomic E-state index is -1.59. The molecule has 10 N–H and O–H groups in total. The number of aliphatic hydroxyl groups excluding tert-OH is 7. The number of hydrogen-bond donors (Lipinski definition) is 10. The molecule has 0 aromatic heterocycles. The van der Waals surface area contributed by atoms with Gasteiger partial charge in [0.15, 0.2) is 0 Å². The van der Waals surface area contributed by atoms with Crippen LogP contribution in [0.4, 0.5) is 0 Å². The zero-order valence-electron chi connectivity index (χ0n) is 19.0. The molecule has 10 atom stereocenters. The molecule has 0 aromatic rings. The summed E-state index contributed by atoms with van der Waals surface area (Å²) in [5.41, 5.74) is 0. The minimum Gasteiger partial charge on any atom is -0.396 e. The molecule has 2 aliphatic carbocycles. The lowest BCUT2D eigenvalue weighted by molar-refractivity contribution is -0.241. The van der Waals surface area contributed by atoms with Gasteiger partial charge in [0.25, 0.3) is 0 Å². The van der Waals surface area contributed by atoms with Crippen molar-refractivity contribution in [2.24, 2.45) is 11.8 Å². The largest absolute Gasteiger partial charge is 0.396 e. The molecule has 2 fully saturated rings. The van der Waals surface area contributed by atoms with Gasteiger partial charge in [0, 0.05) is 25.0 Å². The molecule has 0 bridgehead atoms. The molecule has 0 saturated heterocycles. The maximum absolute atomic E-state index is 11.8. The number of aliphatic hydroxyl groups is 7. The first-order valence-corrected chi connectivity index (χ1v) is 11.2. The van der Waals surface area contributed by atoms with Gasteiger partial charge in [0.2, 0.25) is 18.2 Å². The maximum atomic E-state index is 11.8. The predicted octanol–water partition coefficient (Wildman–Crippen LogP) is -6.11. The Hall–Kier alpha value is -1.95. The van der Waals surface area contributed by atoms with Crippen LogP contribution in [0.1, 0.15) is 12.8 Å². The van der Waals surface area contributed by atoms with Crippen molar-refractivity contribution in [3.8, 4) is 0 Å². The van der Waals surface area contributed by atoms with Crippen molar-refractivity contribution in [2.75, 3.05) is 33.0 Å². The molecule has 0 aromatic carbocycles. The van der Waals surface area contributed by atoms with E-state index >= 15 is 0 Å². The van der Waals surface area contributed by atoms with Gasteiger partial charge in [-0.1, -0.05) is 0 Å². The highest BCUT2D eigenvalue weighted by molar-refractivity contribution is 5.86. The van der Waals surface area contributed by atoms with Crippen molar-refractivity contribution in [1.82, 2.24) is 16.0 Å². The van der Waals surface area contributed by atoms with Crippen LogP contribution in [0, 0.1) is 11.8 Å². The third-order valence-electron chi connectivity index (χ3n) is 6.33. The second-order valence-electron chi connectivity index (χ2n) is 8.67. The van der Waals surface area contributed by atoms with E-state index in [0.29, 0.717) is 6.41 Å². The zero-order valence-corrected chi connectivity index (χ0v) is 19.0. The van der Waals surface area contributed by atoms with Gasteiger partial charge in [-0.15, -0.1) is 0 Å². The first-order chi connectivity index (χ1) is 16.6. The first kappa shape index (κ1) is 29.3. The van der Waals surface area contributed by atoms with E-state index in [1.807, 2.05) is 0 Å². The van der Waals surface area contributed by atoms with Gasteiger partial charge in [-0.05, 0) is 12.8 Å². The summed E-state index contributed by atoms with van der Waals surface area (Å²) in [6, 6.07) is 0. The summed E-state index contributed by atoms with van der Waals surface area (Å²) in [5, 5.41) is 77.3. The van der Waals surface area contributed by atoms with Gasteiger partial charge >= 0.3 is 0 Å². The average Bonchev–Trinajstić information content (AvgIpc) is 2.85. The van der Waals surface area contributed by atoms with E-state index in [1.165, 1.54) is 0 Å².